The molecule has 0 aliphatic carbocycles. The first-order chi connectivity index (χ1) is 13.8. The summed E-state index contributed by atoms with van der Waals surface area (Å²) in [6.07, 6.45) is -2.25. The van der Waals surface area contributed by atoms with E-state index in [0.29, 0.717) is 30.1 Å². The highest BCUT2D eigenvalue weighted by atomic mass is 32.2. The van der Waals surface area contributed by atoms with Crippen molar-refractivity contribution >= 4 is 15.8 Å². The molecule has 9 nitrogen and oxygen atoms in total. The molecule has 1 aliphatic heterocycles. The highest BCUT2D eigenvalue weighted by molar-refractivity contribution is 7.91. The number of methoxy groups -OCH3 is 1. The minimum absolute atomic E-state index is 0.342. The monoisotopic (exact) mass is 454 g/mol. The van der Waals surface area contributed by atoms with Crippen LogP contribution in [0.3, 0.4) is 0 Å². The van der Waals surface area contributed by atoms with E-state index in [-0.39, 0.29) is 6.04 Å². The third-order valence-corrected chi connectivity index (χ3v) is 5.79. The number of carboxylic acid groups (broad SMARTS) is 1. The van der Waals surface area contributed by atoms with Crippen LogP contribution in [0.15, 0.2) is 24.4 Å². The van der Waals surface area contributed by atoms with Crippen molar-refractivity contribution in [2.45, 2.75) is 17.5 Å². The molecule has 14 heteroatoms. The molecule has 1 aromatic carbocycles. The highest BCUT2D eigenvalue weighted by Gasteiger charge is 2.38. The molecule has 2 heterocycles. The molecule has 1 fully saturated rings. The number of nitrogens with one attached hydrogen (secondary N) is 1. The van der Waals surface area contributed by atoms with E-state index in [9.17, 15) is 26.0 Å². The van der Waals surface area contributed by atoms with E-state index in [1.807, 2.05) is 0 Å². The summed E-state index contributed by atoms with van der Waals surface area (Å²) in [4.78, 5) is 8.90. The van der Waals surface area contributed by atoms with Crippen LogP contribution in [0, 0.1) is 5.82 Å². The summed E-state index contributed by atoms with van der Waals surface area (Å²) < 4.78 is 75.7. The molecule has 0 radical (unpaired) electrons. The molecule has 0 saturated carbocycles. The molecule has 2 atom stereocenters. The quantitative estimate of drug-likeness (QED) is 0.663. The number of carboxylic acids is 1. The summed E-state index contributed by atoms with van der Waals surface area (Å²) in [6, 6.07) is 3.78. The molecule has 2 N–H and O–H groups in total. The minimum atomic E-state index is -5.08. The SMILES string of the molecule is COc1ccc(F)cc1-c1cn([C@@H]2CNC[C@H]2S(C)(=O)=O)nn1.O=C(O)C(F)(F)F. The second-order valence-corrected chi connectivity index (χ2v) is 8.59. The number of aliphatic carboxylic acids is 1. The third-order valence-electron chi connectivity index (χ3n) is 4.21. The van der Waals surface area contributed by atoms with E-state index >= 15 is 0 Å². The molecular weight excluding hydrogens is 436 g/mol. The van der Waals surface area contributed by atoms with Crippen molar-refractivity contribution in [1.82, 2.24) is 20.3 Å². The summed E-state index contributed by atoms with van der Waals surface area (Å²) >= 11 is 0. The maximum atomic E-state index is 13.5. The Morgan fingerprint density at radius 1 is 1.33 bits per heavy atom. The fraction of sp³-hybridized carbons (Fsp3) is 0.438. The van der Waals surface area contributed by atoms with Crippen LogP contribution in [0.2, 0.25) is 0 Å². The Bertz CT molecular complexity index is 1010. The van der Waals surface area contributed by atoms with Crippen LogP contribution in [0.4, 0.5) is 17.6 Å². The number of ether oxygens (including phenoxy) is 1. The second-order valence-electron chi connectivity index (χ2n) is 6.32. The van der Waals surface area contributed by atoms with E-state index in [1.54, 1.807) is 6.20 Å². The number of hydrogen-bond donors (Lipinski definition) is 2. The molecule has 30 heavy (non-hydrogen) atoms. The second kappa shape index (κ2) is 8.95. The normalized spacial score (nSPS) is 19.1. The number of carbonyl (C=O) groups is 1. The van der Waals surface area contributed by atoms with Crippen LogP contribution < -0.4 is 10.1 Å². The maximum absolute atomic E-state index is 13.5. The molecule has 0 unspecified atom stereocenters. The van der Waals surface area contributed by atoms with Gasteiger partial charge < -0.3 is 15.2 Å². The fourth-order valence-corrected chi connectivity index (χ4v) is 4.00. The largest absolute Gasteiger partial charge is 0.496 e. The van der Waals surface area contributed by atoms with Gasteiger partial charge in [-0.05, 0) is 18.2 Å². The average molecular weight is 454 g/mol. The molecular formula is C16H18F4N4O5S. The van der Waals surface area contributed by atoms with Crippen LogP contribution in [-0.4, -0.2) is 72.4 Å². The molecule has 0 bridgehead atoms. The van der Waals surface area contributed by atoms with Crippen molar-refractivity contribution in [1.29, 1.82) is 0 Å². The number of aromatic nitrogens is 3. The van der Waals surface area contributed by atoms with Crippen molar-refractivity contribution in [3.8, 4) is 17.0 Å². The van der Waals surface area contributed by atoms with Gasteiger partial charge in [0.15, 0.2) is 9.84 Å². The van der Waals surface area contributed by atoms with Crippen molar-refractivity contribution in [3.05, 3.63) is 30.2 Å². The van der Waals surface area contributed by atoms with Crippen molar-refractivity contribution in [2.75, 3.05) is 26.5 Å². The van der Waals surface area contributed by atoms with Gasteiger partial charge in [-0.25, -0.2) is 22.3 Å². The first-order valence-corrected chi connectivity index (χ1v) is 10.3. The highest BCUT2D eigenvalue weighted by Crippen LogP contribution is 2.30. The van der Waals surface area contributed by atoms with Gasteiger partial charge in [0.05, 0.1) is 24.6 Å². The number of hydrogen-bond acceptors (Lipinski definition) is 7. The van der Waals surface area contributed by atoms with Crippen LogP contribution in [-0.2, 0) is 14.6 Å². The van der Waals surface area contributed by atoms with Gasteiger partial charge in [-0.15, -0.1) is 5.10 Å². The van der Waals surface area contributed by atoms with Crippen LogP contribution in [0.1, 0.15) is 6.04 Å². The summed E-state index contributed by atoms with van der Waals surface area (Å²) in [6.45, 7) is 0.864. The smallest absolute Gasteiger partial charge is 0.490 e. The Morgan fingerprint density at radius 2 is 1.97 bits per heavy atom. The number of halogens is 4. The van der Waals surface area contributed by atoms with Crippen LogP contribution in [0.5, 0.6) is 5.75 Å². The Morgan fingerprint density at radius 3 is 2.50 bits per heavy atom. The zero-order chi connectivity index (χ0) is 22.7. The first-order valence-electron chi connectivity index (χ1n) is 8.30. The van der Waals surface area contributed by atoms with Gasteiger partial charge in [-0.1, -0.05) is 5.21 Å². The number of benzene rings is 1. The van der Waals surface area contributed by atoms with E-state index in [2.05, 4.69) is 15.6 Å². The molecule has 3 rings (SSSR count). The lowest BCUT2D eigenvalue weighted by atomic mass is 10.1. The Hall–Kier alpha value is -2.74. The van der Waals surface area contributed by atoms with Gasteiger partial charge in [0.2, 0.25) is 0 Å². The number of sulfone groups is 1. The standard InChI is InChI=1S/C14H17FN4O3S.C2HF3O2/c1-22-13-4-3-9(15)5-10(13)11-8-19(18-17-11)12-6-16-7-14(12)23(2,20)21;3-2(4,5)1(6)7/h3-5,8,12,14,16H,6-7H2,1-2H3;(H,6,7)/t12-,14-;/m1./s1. The topological polar surface area (TPSA) is 123 Å². The molecule has 1 saturated heterocycles. The van der Waals surface area contributed by atoms with Gasteiger partial charge in [0.1, 0.15) is 17.3 Å². The molecule has 0 spiro atoms. The van der Waals surface area contributed by atoms with Crippen molar-refractivity contribution in [2.24, 2.45) is 0 Å². The minimum Gasteiger partial charge on any atom is -0.496 e. The van der Waals surface area contributed by atoms with Crippen molar-refractivity contribution in [3.63, 3.8) is 0 Å². The summed E-state index contributed by atoms with van der Waals surface area (Å²) in [5.41, 5.74) is 0.904. The molecule has 0 amide bonds. The van der Waals surface area contributed by atoms with E-state index in [0.717, 1.165) is 0 Å². The summed E-state index contributed by atoms with van der Waals surface area (Å²) in [5, 5.41) is 17.7. The molecule has 2 aromatic rings. The van der Waals surface area contributed by atoms with Crippen molar-refractivity contribution < 1.29 is 40.6 Å². The third kappa shape index (κ3) is 5.66. The number of nitrogens with zero attached hydrogens (tertiary/aromatic N) is 3. The summed E-state index contributed by atoms with van der Waals surface area (Å²) in [7, 11) is -1.72. The van der Waals surface area contributed by atoms with Gasteiger partial charge >= 0.3 is 12.1 Å². The number of alkyl halides is 3. The zero-order valence-electron chi connectivity index (χ0n) is 15.7. The van der Waals surface area contributed by atoms with Gasteiger partial charge in [0, 0.05) is 24.9 Å². The lowest BCUT2D eigenvalue weighted by Gasteiger charge is -2.16. The van der Waals surface area contributed by atoms with Crippen LogP contribution in [0.25, 0.3) is 11.3 Å². The fourth-order valence-electron chi connectivity index (χ4n) is 2.78. The zero-order valence-corrected chi connectivity index (χ0v) is 16.5. The average Bonchev–Trinajstić information content (AvgIpc) is 3.30. The molecule has 1 aromatic heterocycles. The lowest BCUT2D eigenvalue weighted by Crippen LogP contribution is -2.30. The summed E-state index contributed by atoms with van der Waals surface area (Å²) in [5.74, 6) is -2.69. The Labute approximate surface area is 168 Å². The predicted octanol–water partition coefficient (Wildman–Crippen LogP) is 1.28. The van der Waals surface area contributed by atoms with Gasteiger partial charge in [-0.2, -0.15) is 13.2 Å². The Balaban J connectivity index is 0.000000396. The molecule has 1 aliphatic rings. The predicted molar refractivity (Wildman–Crippen MR) is 96.2 cm³/mol. The lowest BCUT2D eigenvalue weighted by molar-refractivity contribution is -0.192. The van der Waals surface area contributed by atoms with E-state index in [4.69, 9.17) is 14.6 Å². The molecule has 166 valence electrons. The van der Waals surface area contributed by atoms with Crippen LogP contribution >= 0.6 is 0 Å². The van der Waals surface area contributed by atoms with E-state index < -0.39 is 33.1 Å². The van der Waals surface area contributed by atoms with Gasteiger partial charge in [-0.3, -0.25) is 0 Å². The first kappa shape index (κ1) is 23.5. The van der Waals surface area contributed by atoms with Gasteiger partial charge in [0.25, 0.3) is 0 Å². The number of rotatable bonds is 4. The maximum Gasteiger partial charge on any atom is 0.490 e. The Kier molecular flexibility index (Phi) is 7.02. The van der Waals surface area contributed by atoms with E-state index in [1.165, 1.54) is 36.2 Å².